The van der Waals surface area contributed by atoms with Gasteiger partial charge in [-0.2, -0.15) is 0 Å². The van der Waals surface area contributed by atoms with Crippen LogP contribution >= 0.6 is 0 Å². The second kappa shape index (κ2) is 6.89. The number of methoxy groups -OCH3 is 1. The average Bonchev–Trinajstić information content (AvgIpc) is 3.49. The van der Waals surface area contributed by atoms with Crippen molar-refractivity contribution in [1.82, 2.24) is 9.55 Å². The van der Waals surface area contributed by atoms with Gasteiger partial charge in [0.15, 0.2) is 11.6 Å². The number of aryl methyl sites for hydroxylation is 1. The summed E-state index contributed by atoms with van der Waals surface area (Å²) in [4.78, 5) is 29.0. The largest absolute Gasteiger partial charge is 0.492 e. The molecule has 4 rings (SSSR count). The van der Waals surface area contributed by atoms with E-state index in [1.54, 1.807) is 4.90 Å². The predicted molar refractivity (Wildman–Crippen MR) is 102 cm³/mol. The molecule has 28 heavy (non-hydrogen) atoms. The Kier molecular flexibility index (Phi) is 4.67. The highest BCUT2D eigenvalue weighted by Crippen LogP contribution is 2.44. The van der Waals surface area contributed by atoms with Crippen LogP contribution in [0.3, 0.4) is 0 Å². The molecule has 0 spiro atoms. The molecule has 2 atom stereocenters. The summed E-state index contributed by atoms with van der Waals surface area (Å²) in [7, 11) is 1.39. The summed E-state index contributed by atoms with van der Waals surface area (Å²) < 4.78 is 22.5. The molecule has 0 bridgehead atoms. The van der Waals surface area contributed by atoms with E-state index in [0.29, 0.717) is 18.5 Å². The maximum Gasteiger partial charge on any atom is 0.329 e. The fourth-order valence-electron chi connectivity index (χ4n) is 4.18. The highest BCUT2D eigenvalue weighted by molar-refractivity contribution is 5.93. The summed E-state index contributed by atoms with van der Waals surface area (Å²) in [6.45, 7) is 1.90. The molecule has 1 aromatic heterocycles. The number of hydrogen-bond donors (Lipinski definition) is 3. The van der Waals surface area contributed by atoms with Crippen molar-refractivity contribution in [2.24, 2.45) is 5.92 Å². The Bertz CT molecular complexity index is 1040. The third-order valence-corrected chi connectivity index (χ3v) is 5.85. The van der Waals surface area contributed by atoms with Crippen LogP contribution in [0.25, 0.3) is 10.9 Å². The maximum absolute atomic E-state index is 15.4. The molecule has 9 heteroatoms. The third kappa shape index (κ3) is 2.80. The summed E-state index contributed by atoms with van der Waals surface area (Å²) in [6, 6.07) is -0.0492. The molecule has 2 heterocycles. The number of anilines is 1. The van der Waals surface area contributed by atoms with Crippen LogP contribution in [0.5, 0.6) is 5.75 Å². The first kappa shape index (κ1) is 18.9. The minimum absolute atomic E-state index is 0.0492. The molecule has 1 saturated carbocycles. The van der Waals surface area contributed by atoms with E-state index in [1.165, 1.54) is 18.6 Å². The van der Waals surface area contributed by atoms with Crippen molar-refractivity contribution in [2.75, 3.05) is 31.7 Å². The Hall–Kier alpha value is -2.39. The zero-order valence-corrected chi connectivity index (χ0v) is 15.9. The molecular formula is C19H24FN3O5. The van der Waals surface area contributed by atoms with Crippen LogP contribution in [0.4, 0.5) is 10.1 Å². The number of aromatic nitrogens is 2. The van der Waals surface area contributed by atoms with Crippen LogP contribution in [0, 0.1) is 18.7 Å². The van der Waals surface area contributed by atoms with Crippen molar-refractivity contribution in [3.05, 3.63) is 32.2 Å². The van der Waals surface area contributed by atoms with Crippen molar-refractivity contribution < 1.29 is 19.3 Å². The zero-order valence-electron chi connectivity index (χ0n) is 15.9. The van der Waals surface area contributed by atoms with Crippen molar-refractivity contribution in [3.63, 3.8) is 0 Å². The van der Waals surface area contributed by atoms with Crippen molar-refractivity contribution in [1.29, 1.82) is 0 Å². The van der Waals surface area contributed by atoms with Crippen LogP contribution in [-0.2, 0) is 0 Å². The summed E-state index contributed by atoms with van der Waals surface area (Å²) in [5.74, 6) is -0.871. The molecule has 0 amide bonds. The number of nitrogens with one attached hydrogen (secondary N) is 1. The SMILES string of the molecule is COc1c(N2CCC(O)C(CO)C2)c(F)c(C)c2c(=O)[nH]c(=O)n(C3CC3)c12. The van der Waals surface area contributed by atoms with Gasteiger partial charge in [-0.25, -0.2) is 9.18 Å². The Labute approximate surface area is 160 Å². The van der Waals surface area contributed by atoms with Gasteiger partial charge in [-0.3, -0.25) is 14.3 Å². The molecule has 2 aromatic rings. The molecule has 1 saturated heterocycles. The van der Waals surface area contributed by atoms with E-state index in [2.05, 4.69) is 4.98 Å². The van der Waals surface area contributed by atoms with Crippen LogP contribution in [-0.4, -0.2) is 52.7 Å². The molecule has 2 aliphatic rings. The van der Waals surface area contributed by atoms with E-state index in [1.807, 2.05) is 0 Å². The monoisotopic (exact) mass is 393 g/mol. The molecule has 8 nitrogen and oxygen atoms in total. The van der Waals surface area contributed by atoms with E-state index in [-0.39, 0.29) is 41.6 Å². The first-order chi connectivity index (χ1) is 13.4. The fraction of sp³-hybridized carbons (Fsp3) is 0.579. The predicted octanol–water partition coefficient (Wildman–Crippen LogP) is 0.660. The first-order valence-electron chi connectivity index (χ1n) is 9.47. The number of benzene rings is 1. The zero-order chi connectivity index (χ0) is 20.2. The molecule has 1 aliphatic carbocycles. The summed E-state index contributed by atoms with van der Waals surface area (Å²) >= 11 is 0. The number of aromatic amines is 1. The summed E-state index contributed by atoms with van der Waals surface area (Å²) in [5.41, 5.74) is -0.553. The van der Waals surface area contributed by atoms with Gasteiger partial charge in [-0.1, -0.05) is 0 Å². The highest BCUT2D eigenvalue weighted by atomic mass is 19.1. The molecule has 0 radical (unpaired) electrons. The minimum atomic E-state index is -0.663. The molecule has 152 valence electrons. The van der Waals surface area contributed by atoms with Gasteiger partial charge in [0.05, 0.1) is 25.2 Å². The van der Waals surface area contributed by atoms with Crippen molar-refractivity contribution in [2.45, 2.75) is 38.3 Å². The van der Waals surface area contributed by atoms with E-state index >= 15 is 4.39 Å². The number of rotatable bonds is 4. The molecule has 2 unspecified atom stereocenters. The summed E-state index contributed by atoms with van der Waals surface area (Å²) in [5, 5.41) is 19.7. The third-order valence-electron chi connectivity index (χ3n) is 5.85. The Morgan fingerprint density at radius 2 is 2.00 bits per heavy atom. The van der Waals surface area contributed by atoms with E-state index in [0.717, 1.165) is 12.8 Å². The molecule has 1 aliphatic heterocycles. The van der Waals surface area contributed by atoms with Gasteiger partial charge in [-0.05, 0) is 26.2 Å². The van der Waals surface area contributed by atoms with E-state index in [4.69, 9.17) is 4.74 Å². The second-order valence-electron chi connectivity index (χ2n) is 7.65. The smallest absolute Gasteiger partial charge is 0.329 e. The number of nitrogens with zero attached hydrogens (tertiary/aromatic N) is 2. The maximum atomic E-state index is 15.4. The number of aliphatic hydroxyl groups excluding tert-OH is 2. The van der Waals surface area contributed by atoms with Gasteiger partial charge in [0.1, 0.15) is 11.2 Å². The second-order valence-corrected chi connectivity index (χ2v) is 7.65. The number of piperidine rings is 1. The molecular weight excluding hydrogens is 369 g/mol. The number of H-pyrrole nitrogens is 1. The lowest BCUT2D eigenvalue weighted by atomic mass is 9.94. The average molecular weight is 393 g/mol. The van der Waals surface area contributed by atoms with Crippen molar-refractivity contribution in [3.8, 4) is 5.75 Å². The first-order valence-corrected chi connectivity index (χ1v) is 9.47. The van der Waals surface area contributed by atoms with Crippen LogP contribution in [0.15, 0.2) is 9.59 Å². The minimum Gasteiger partial charge on any atom is -0.492 e. The van der Waals surface area contributed by atoms with E-state index < -0.39 is 29.1 Å². The topological polar surface area (TPSA) is 108 Å². The Balaban J connectivity index is 2.02. The summed E-state index contributed by atoms with van der Waals surface area (Å²) in [6.07, 6.45) is 1.32. The van der Waals surface area contributed by atoms with Gasteiger partial charge in [0.25, 0.3) is 5.56 Å². The Morgan fingerprint density at radius 3 is 2.61 bits per heavy atom. The number of fused-ring (bicyclic) bond motifs is 1. The number of hydrogen-bond acceptors (Lipinski definition) is 6. The van der Waals surface area contributed by atoms with Crippen LogP contribution < -0.4 is 20.9 Å². The molecule has 1 aromatic carbocycles. The van der Waals surface area contributed by atoms with Gasteiger partial charge in [-0.15, -0.1) is 0 Å². The normalized spacial score (nSPS) is 22.7. The van der Waals surface area contributed by atoms with Crippen LogP contribution in [0.2, 0.25) is 0 Å². The lowest BCUT2D eigenvalue weighted by Crippen LogP contribution is -2.45. The van der Waals surface area contributed by atoms with Crippen molar-refractivity contribution >= 4 is 16.6 Å². The number of aliphatic hydroxyl groups is 2. The fourth-order valence-corrected chi connectivity index (χ4v) is 4.18. The lowest BCUT2D eigenvalue weighted by Gasteiger charge is -2.38. The lowest BCUT2D eigenvalue weighted by molar-refractivity contribution is 0.0523. The quantitative estimate of drug-likeness (QED) is 0.704. The van der Waals surface area contributed by atoms with Gasteiger partial charge < -0.3 is 19.8 Å². The molecule has 3 N–H and O–H groups in total. The Morgan fingerprint density at radius 1 is 1.29 bits per heavy atom. The van der Waals surface area contributed by atoms with E-state index in [9.17, 15) is 19.8 Å². The highest BCUT2D eigenvalue weighted by Gasteiger charge is 2.35. The number of ether oxygens (including phenoxy) is 1. The van der Waals surface area contributed by atoms with Crippen LogP contribution in [0.1, 0.15) is 30.9 Å². The standard InChI is InChI=1S/C19H24FN3O5/c1-9-13-15(23(11-3-4-11)19(27)21-18(13)26)17(28-2)16(14(9)20)22-6-5-12(25)10(7-22)8-24/h10-12,24-25H,3-8H2,1-2H3,(H,21,26,27). The molecule has 2 fully saturated rings. The number of halogens is 1. The van der Waals surface area contributed by atoms with Gasteiger partial charge >= 0.3 is 5.69 Å². The van der Waals surface area contributed by atoms with Gasteiger partial charge in [0.2, 0.25) is 0 Å². The van der Waals surface area contributed by atoms with Gasteiger partial charge in [0, 0.05) is 30.6 Å².